The molecule has 0 spiro atoms. The number of hydrogen-bond acceptors (Lipinski definition) is 4. The topological polar surface area (TPSA) is 66.8 Å². The molecule has 1 saturated heterocycles. The van der Waals surface area contributed by atoms with Gasteiger partial charge in [0.05, 0.1) is 19.3 Å². The van der Waals surface area contributed by atoms with E-state index >= 15 is 0 Å². The number of likely N-dealkylation sites (tertiary alicyclic amines) is 1. The lowest BCUT2D eigenvalue weighted by Crippen LogP contribution is -2.33. The molecular weight excluding hydrogens is 354 g/mol. The van der Waals surface area contributed by atoms with E-state index in [2.05, 4.69) is 23.5 Å². The lowest BCUT2D eigenvalue weighted by atomic mass is 9.99. The summed E-state index contributed by atoms with van der Waals surface area (Å²) in [5.74, 6) is 6.36. The van der Waals surface area contributed by atoms with Gasteiger partial charge in [0.25, 0.3) is 0 Å². The van der Waals surface area contributed by atoms with Crippen molar-refractivity contribution in [2.45, 2.75) is 90.2 Å². The van der Waals surface area contributed by atoms with Crippen molar-refractivity contribution in [3.8, 4) is 11.8 Å². The van der Waals surface area contributed by atoms with Crippen LogP contribution in [0.5, 0.6) is 0 Å². The quantitative estimate of drug-likeness (QED) is 0.237. The second-order valence-corrected chi connectivity index (χ2v) is 7.59. The molecule has 5 nitrogen and oxygen atoms in total. The molecule has 5 heteroatoms. The number of esters is 1. The van der Waals surface area contributed by atoms with Gasteiger partial charge in [0, 0.05) is 32.2 Å². The molecule has 0 aromatic heterocycles. The Morgan fingerprint density at radius 3 is 2.79 bits per heavy atom. The molecule has 0 bridgehead atoms. The van der Waals surface area contributed by atoms with Crippen LogP contribution in [-0.2, 0) is 14.3 Å². The zero-order chi connectivity index (χ0) is 20.8. The fourth-order valence-corrected chi connectivity index (χ4v) is 3.25. The van der Waals surface area contributed by atoms with Crippen molar-refractivity contribution < 1.29 is 19.4 Å². The van der Waals surface area contributed by atoms with Gasteiger partial charge in [-0.3, -0.25) is 9.59 Å². The van der Waals surface area contributed by atoms with Crippen LogP contribution in [-0.4, -0.2) is 47.7 Å². The highest BCUT2D eigenvalue weighted by molar-refractivity contribution is 5.79. The molecule has 1 aliphatic heterocycles. The predicted octanol–water partition coefficient (Wildman–Crippen LogP) is 3.85. The number of aliphatic hydroxyl groups is 1. The molecule has 0 aromatic rings. The highest BCUT2D eigenvalue weighted by Gasteiger charge is 2.28. The third kappa shape index (κ3) is 9.41. The summed E-state index contributed by atoms with van der Waals surface area (Å²) in [5, 5.41) is 10.3. The highest BCUT2D eigenvalue weighted by Crippen LogP contribution is 2.22. The molecule has 0 radical (unpaired) electrons. The number of ether oxygens (including phenoxy) is 1. The number of rotatable bonds is 12. The van der Waals surface area contributed by atoms with E-state index in [9.17, 15) is 14.7 Å². The van der Waals surface area contributed by atoms with E-state index in [0.29, 0.717) is 19.3 Å². The Morgan fingerprint density at radius 2 is 2.07 bits per heavy atom. The molecule has 0 aromatic carbocycles. The largest absolute Gasteiger partial charge is 0.469 e. The Bertz CT molecular complexity index is 561. The summed E-state index contributed by atoms with van der Waals surface area (Å²) in [7, 11) is 1.41. The van der Waals surface area contributed by atoms with E-state index in [4.69, 9.17) is 0 Å². The molecular formula is C23H37NO4. The Morgan fingerprint density at radius 1 is 1.32 bits per heavy atom. The maximum atomic E-state index is 12.2. The van der Waals surface area contributed by atoms with E-state index < -0.39 is 6.10 Å². The van der Waals surface area contributed by atoms with Crippen LogP contribution in [0.2, 0.25) is 0 Å². The van der Waals surface area contributed by atoms with Gasteiger partial charge in [-0.2, -0.15) is 0 Å². The maximum Gasteiger partial charge on any atom is 0.305 e. The molecule has 0 aliphatic carbocycles. The van der Waals surface area contributed by atoms with Gasteiger partial charge in [0.2, 0.25) is 5.91 Å². The van der Waals surface area contributed by atoms with Crippen LogP contribution in [0.1, 0.15) is 78.1 Å². The summed E-state index contributed by atoms with van der Waals surface area (Å²) in [6.45, 7) is 4.84. The molecule has 1 heterocycles. The number of hydrogen-bond donors (Lipinski definition) is 1. The summed E-state index contributed by atoms with van der Waals surface area (Å²) < 4.78 is 4.63. The average Bonchev–Trinajstić information content (AvgIpc) is 3.05. The Hall–Kier alpha value is -1.80. The molecule has 1 fully saturated rings. The van der Waals surface area contributed by atoms with Gasteiger partial charge < -0.3 is 14.7 Å². The molecule has 1 aliphatic rings. The monoisotopic (exact) mass is 391 g/mol. The highest BCUT2D eigenvalue weighted by atomic mass is 16.5. The van der Waals surface area contributed by atoms with Crippen molar-refractivity contribution in [2.24, 2.45) is 5.92 Å². The first kappa shape index (κ1) is 24.2. The molecule has 3 atom stereocenters. The van der Waals surface area contributed by atoms with Crippen LogP contribution >= 0.6 is 0 Å². The van der Waals surface area contributed by atoms with Crippen molar-refractivity contribution in [3.05, 3.63) is 12.2 Å². The van der Waals surface area contributed by atoms with Gasteiger partial charge >= 0.3 is 5.97 Å². The van der Waals surface area contributed by atoms with Crippen LogP contribution < -0.4 is 0 Å². The third-order valence-corrected chi connectivity index (χ3v) is 5.17. The zero-order valence-electron chi connectivity index (χ0n) is 17.8. The van der Waals surface area contributed by atoms with Crippen LogP contribution in [0.4, 0.5) is 0 Å². The summed E-state index contributed by atoms with van der Waals surface area (Å²) in [5.41, 5.74) is 0. The van der Waals surface area contributed by atoms with Crippen molar-refractivity contribution in [2.75, 3.05) is 13.7 Å². The van der Waals surface area contributed by atoms with Crippen LogP contribution in [0.3, 0.4) is 0 Å². The number of carbonyl (C=O) groups is 2. The first-order valence-electron chi connectivity index (χ1n) is 10.7. The Kier molecular flexibility index (Phi) is 12.3. The smallest absolute Gasteiger partial charge is 0.305 e. The molecule has 158 valence electrons. The van der Waals surface area contributed by atoms with Crippen molar-refractivity contribution in [1.29, 1.82) is 0 Å². The fraction of sp³-hybridized carbons (Fsp3) is 0.739. The minimum Gasteiger partial charge on any atom is -0.469 e. The average molecular weight is 392 g/mol. The van der Waals surface area contributed by atoms with Crippen molar-refractivity contribution in [1.82, 2.24) is 4.90 Å². The van der Waals surface area contributed by atoms with E-state index in [1.165, 1.54) is 7.11 Å². The van der Waals surface area contributed by atoms with Crippen molar-refractivity contribution in [3.63, 3.8) is 0 Å². The van der Waals surface area contributed by atoms with Gasteiger partial charge in [-0.25, -0.2) is 0 Å². The first-order valence-corrected chi connectivity index (χ1v) is 10.7. The van der Waals surface area contributed by atoms with Crippen LogP contribution in [0.15, 0.2) is 12.2 Å². The normalized spacial score (nSPS) is 18.8. The summed E-state index contributed by atoms with van der Waals surface area (Å²) in [4.78, 5) is 25.2. The number of amides is 1. The lowest BCUT2D eigenvalue weighted by molar-refractivity contribution is -0.140. The molecule has 28 heavy (non-hydrogen) atoms. The van der Waals surface area contributed by atoms with Crippen LogP contribution in [0, 0.1) is 17.8 Å². The number of carbonyl (C=O) groups excluding carboxylic acids is 2. The van der Waals surface area contributed by atoms with Gasteiger partial charge in [-0.1, -0.05) is 38.8 Å². The summed E-state index contributed by atoms with van der Waals surface area (Å²) in [6, 6.07) is 0.0793. The van der Waals surface area contributed by atoms with Gasteiger partial charge in [0.1, 0.15) is 0 Å². The van der Waals surface area contributed by atoms with Gasteiger partial charge in [-0.05, 0) is 31.6 Å². The SMILES string of the molecule is CCCC#CC[C@@H](C)[C@H](O)C=CC1CCC(=O)N1CCCCCCC(=O)OC. The van der Waals surface area contributed by atoms with E-state index in [1.807, 2.05) is 24.0 Å². The zero-order valence-corrected chi connectivity index (χ0v) is 17.8. The minimum absolute atomic E-state index is 0.0793. The Labute approximate surface area is 170 Å². The Balaban J connectivity index is 2.36. The maximum absolute atomic E-state index is 12.2. The lowest BCUT2D eigenvalue weighted by Gasteiger charge is -2.23. The molecule has 1 unspecified atom stereocenters. The number of nitrogens with zero attached hydrogens (tertiary/aromatic N) is 1. The third-order valence-electron chi connectivity index (χ3n) is 5.17. The molecule has 0 saturated carbocycles. The summed E-state index contributed by atoms with van der Waals surface area (Å²) in [6.07, 6.45) is 11.5. The number of methoxy groups -OCH3 is 1. The van der Waals surface area contributed by atoms with E-state index in [-0.39, 0.29) is 23.8 Å². The van der Waals surface area contributed by atoms with Gasteiger partial charge in [-0.15, -0.1) is 11.8 Å². The standard InChI is InChI=1S/C23H37NO4/c1-4-5-6-9-12-19(2)21(25)16-14-20-15-17-22(26)24(20)18-11-8-7-10-13-23(27)28-3/h14,16,19-21,25H,4-5,7-8,10-13,15,17-18H2,1-3H3/t19-,20?,21-/m1/s1. The second kappa shape index (κ2) is 14.2. The van der Waals surface area contributed by atoms with E-state index in [0.717, 1.165) is 51.5 Å². The number of aliphatic hydroxyl groups excluding tert-OH is 1. The predicted molar refractivity (Wildman–Crippen MR) is 111 cm³/mol. The van der Waals surface area contributed by atoms with Crippen LogP contribution in [0.25, 0.3) is 0 Å². The molecule has 1 N–H and O–H groups in total. The first-order chi connectivity index (χ1) is 13.5. The molecule has 1 rings (SSSR count). The fourth-order valence-electron chi connectivity index (χ4n) is 3.25. The van der Waals surface area contributed by atoms with Crippen molar-refractivity contribution >= 4 is 11.9 Å². The molecule has 1 amide bonds. The number of unbranched alkanes of at least 4 members (excludes halogenated alkanes) is 4. The second-order valence-electron chi connectivity index (χ2n) is 7.59. The van der Waals surface area contributed by atoms with Gasteiger partial charge in [0.15, 0.2) is 0 Å². The van der Waals surface area contributed by atoms with E-state index in [1.54, 1.807) is 0 Å². The summed E-state index contributed by atoms with van der Waals surface area (Å²) >= 11 is 0. The minimum atomic E-state index is -0.535.